The van der Waals surface area contributed by atoms with Crippen molar-refractivity contribution < 1.29 is 9.90 Å². The fourth-order valence-electron chi connectivity index (χ4n) is 1.92. The second-order valence-corrected chi connectivity index (χ2v) is 6.85. The maximum absolute atomic E-state index is 12.3. The van der Waals surface area contributed by atoms with Crippen LogP contribution in [0.1, 0.15) is 48.5 Å². The average molecular weight is 240 g/mol. The van der Waals surface area contributed by atoms with Gasteiger partial charge in [-0.2, -0.15) is 5.10 Å². The first kappa shape index (κ1) is 14.2. The lowest BCUT2D eigenvalue weighted by atomic mass is 9.79. The highest BCUT2D eigenvalue weighted by atomic mass is 16.3. The summed E-state index contributed by atoms with van der Waals surface area (Å²) in [6.07, 6.45) is -0.703. The SMILES string of the molecule is CC1=NN(C(C)(C)C)C(=O)C1C(O)C(C)(C)C. The van der Waals surface area contributed by atoms with Gasteiger partial charge in [0.15, 0.2) is 0 Å². The Morgan fingerprint density at radius 3 is 2.00 bits per heavy atom. The number of nitrogens with zero attached hydrogens (tertiary/aromatic N) is 2. The summed E-state index contributed by atoms with van der Waals surface area (Å²) in [5.41, 5.74) is 0.0303. The minimum absolute atomic E-state index is 0.0996. The third kappa shape index (κ3) is 2.68. The lowest BCUT2D eigenvalue weighted by Crippen LogP contribution is -2.46. The van der Waals surface area contributed by atoms with Gasteiger partial charge in [-0.05, 0) is 33.1 Å². The van der Waals surface area contributed by atoms with E-state index in [9.17, 15) is 9.90 Å². The molecule has 1 rings (SSSR count). The van der Waals surface area contributed by atoms with Gasteiger partial charge in [-0.1, -0.05) is 20.8 Å². The summed E-state index contributed by atoms with van der Waals surface area (Å²) in [7, 11) is 0. The van der Waals surface area contributed by atoms with Gasteiger partial charge in [-0.15, -0.1) is 0 Å². The smallest absolute Gasteiger partial charge is 0.254 e. The van der Waals surface area contributed by atoms with E-state index in [2.05, 4.69) is 5.10 Å². The molecule has 4 nitrogen and oxygen atoms in total. The summed E-state index contributed by atoms with van der Waals surface area (Å²) in [5, 5.41) is 16.1. The average Bonchev–Trinajstić information content (AvgIpc) is 2.38. The molecule has 0 saturated carbocycles. The molecule has 1 aliphatic heterocycles. The zero-order chi connectivity index (χ0) is 13.6. The lowest BCUT2D eigenvalue weighted by Gasteiger charge is -2.32. The number of carbonyl (C=O) groups excluding carboxylic acids is 1. The van der Waals surface area contributed by atoms with Crippen LogP contribution in [-0.2, 0) is 4.79 Å². The van der Waals surface area contributed by atoms with Gasteiger partial charge in [-0.3, -0.25) is 4.79 Å². The first-order valence-electron chi connectivity index (χ1n) is 6.03. The Bertz CT molecular complexity index is 347. The van der Waals surface area contributed by atoms with Gasteiger partial charge in [0.1, 0.15) is 5.92 Å². The first-order valence-corrected chi connectivity index (χ1v) is 6.03. The second-order valence-electron chi connectivity index (χ2n) is 6.85. The van der Waals surface area contributed by atoms with E-state index in [0.717, 1.165) is 0 Å². The van der Waals surface area contributed by atoms with E-state index in [1.807, 2.05) is 48.5 Å². The molecule has 0 aliphatic carbocycles. The third-order valence-electron chi connectivity index (χ3n) is 3.02. The van der Waals surface area contributed by atoms with Crippen LogP contribution in [0.3, 0.4) is 0 Å². The predicted molar refractivity (Wildman–Crippen MR) is 68.7 cm³/mol. The van der Waals surface area contributed by atoms with Crippen LogP contribution in [-0.4, -0.2) is 33.4 Å². The van der Waals surface area contributed by atoms with Crippen molar-refractivity contribution >= 4 is 11.6 Å². The maximum Gasteiger partial charge on any atom is 0.254 e. The Balaban J connectivity index is 3.01. The van der Waals surface area contributed by atoms with Crippen LogP contribution in [0.15, 0.2) is 5.10 Å². The molecule has 0 fully saturated rings. The van der Waals surface area contributed by atoms with Gasteiger partial charge in [0, 0.05) is 0 Å². The summed E-state index contributed by atoms with van der Waals surface area (Å²) in [6.45, 7) is 13.4. The zero-order valence-electron chi connectivity index (χ0n) is 11.9. The largest absolute Gasteiger partial charge is 0.391 e. The summed E-state index contributed by atoms with van der Waals surface area (Å²) in [5.74, 6) is -0.605. The molecule has 0 saturated heterocycles. The molecule has 0 aromatic rings. The summed E-state index contributed by atoms with van der Waals surface area (Å²) in [6, 6.07) is 0. The van der Waals surface area contributed by atoms with Gasteiger partial charge >= 0.3 is 0 Å². The highest BCUT2D eigenvalue weighted by Crippen LogP contribution is 2.33. The fourth-order valence-corrected chi connectivity index (χ4v) is 1.92. The van der Waals surface area contributed by atoms with Gasteiger partial charge < -0.3 is 5.11 Å². The number of amides is 1. The van der Waals surface area contributed by atoms with Crippen molar-refractivity contribution in [1.29, 1.82) is 0 Å². The quantitative estimate of drug-likeness (QED) is 0.762. The van der Waals surface area contributed by atoms with Crippen LogP contribution in [0.2, 0.25) is 0 Å². The number of hydrazone groups is 1. The van der Waals surface area contributed by atoms with E-state index in [1.165, 1.54) is 5.01 Å². The molecule has 1 N–H and O–H groups in total. The summed E-state index contributed by atoms with van der Waals surface area (Å²) < 4.78 is 0. The summed E-state index contributed by atoms with van der Waals surface area (Å²) >= 11 is 0. The van der Waals surface area contributed by atoms with Crippen molar-refractivity contribution in [2.45, 2.75) is 60.1 Å². The van der Waals surface area contributed by atoms with Crippen LogP contribution in [0.5, 0.6) is 0 Å². The molecule has 17 heavy (non-hydrogen) atoms. The van der Waals surface area contributed by atoms with Gasteiger partial charge in [0.25, 0.3) is 5.91 Å². The Morgan fingerprint density at radius 1 is 1.24 bits per heavy atom. The van der Waals surface area contributed by atoms with Crippen molar-refractivity contribution in [3.05, 3.63) is 0 Å². The molecule has 1 amide bonds. The number of aliphatic hydroxyl groups is 1. The van der Waals surface area contributed by atoms with Crippen molar-refractivity contribution in [2.24, 2.45) is 16.4 Å². The highest BCUT2D eigenvalue weighted by molar-refractivity contribution is 6.07. The van der Waals surface area contributed by atoms with Crippen LogP contribution >= 0.6 is 0 Å². The van der Waals surface area contributed by atoms with Crippen molar-refractivity contribution in [2.75, 3.05) is 0 Å². The lowest BCUT2D eigenvalue weighted by molar-refractivity contribution is -0.140. The van der Waals surface area contributed by atoms with E-state index >= 15 is 0 Å². The molecule has 4 heteroatoms. The minimum Gasteiger partial charge on any atom is -0.391 e. The Hall–Kier alpha value is -0.900. The van der Waals surface area contributed by atoms with Crippen LogP contribution in [0.4, 0.5) is 0 Å². The van der Waals surface area contributed by atoms with Crippen LogP contribution in [0, 0.1) is 11.3 Å². The van der Waals surface area contributed by atoms with Crippen LogP contribution in [0.25, 0.3) is 0 Å². The molecule has 2 atom stereocenters. The van der Waals surface area contributed by atoms with Gasteiger partial charge in [0.05, 0.1) is 17.4 Å². The maximum atomic E-state index is 12.3. The highest BCUT2D eigenvalue weighted by Gasteiger charge is 2.45. The topological polar surface area (TPSA) is 52.9 Å². The zero-order valence-corrected chi connectivity index (χ0v) is 11.9. The van der Waals surface area contributed by atoms with E-state index in [4.69, 9.17) is 0 Å². The molecule has 0 spiro atoms. The van der Waals surface area contributed by atoms with E-state index < -0.39 is 12.0 Å². The number of carbonyl (C=O) groups is 1. The van der Waals surface area contributed by atoms with E-state index in [1.54, 1.807) is 0 Å². The van der Waals surface area contributed by atoms with Crippen molar-refractivity contribution in [1.82, 2.24) is 5.01 Å². The summed E-state index contributed by atoms with van der Waals surface area (Å²) in [4.78, 5) is 12.3. The molecule has 0 aromatic heterocycles. The molecule has 2 unspecified atom stereocenters. The Kier molecular flexibility index (Phi) is 3.41. The number of hydrogen-bond acceptors (Lipinski definition) is 3. The third-order valence-corrected chi connectivity index (χ3v) is 3.02. The molecular weight excluding hydrogens is 216 g/mol. The van der Waals surface area contributed by atoms with Gasteiger partial charge in [0.2, 0.25) is 0 Å². The standard InChI is InChI=1S/C13H24N2O2/c1-8-9(10(16)12(2,3)4)11(17)15(14-8)13(5,6)7/h9-10,16H,1-7H3. The van der Waals surface area contributed by atoms with Crippen LogP contribution < -0.4 is 0 Å². The minimum atomic E-state index is -0.703. The number of rotatable bonds is 1. The second kappa shape index (κ2) is 4.09. The molecule has 0 radical (unpaired) electrons. The Morgan fingerprint density at radius 2 is 1.71 bits per heavy atom. The predicted octanol–water partition coefficient (Wildman–Crippen LogP) is 2.03. The monoisotopic (exact) mass is 240 g/mol. The first-order chi connectivity index (χ1) is 7.46. The Labute approximate surface area is 104 Å². The van der Waals surface area contributed by atoms with Crippen molar-refractivity contribution in [3.63, 3.8) is 0 Å². The molecular formula is C13H24N2O2. The molecule has 1 aliphatic rings. The number of aliphatic hydroxyl groups excluding tert-OH is 1. The molecule has 0 aromatic carbocycles. The molecule has 98 valence electrons. The fraction of sp³-hybridized carbons (Fsp3) is 0.846. The van der Waals surface area contributed by atoms with Crippen molar-refractivity contribution in [3.8, 4) is 0 Å². The van der Waals surface area contributed by atoms with Gasteiger partial charge in [-0.25, -0.2) is 5.01 Å². The molecule has 1 heterocycles. The van der Waals surface area contributed by atoms with E-state index in [-0.39, 0.29) is 16.9 Å². The normalized spacial score (nSPS) is 24.0. The number of hydrogen-bond donors (Lipinski definition) is 1. The van der Waals surface area contributed by atoms with E-state index in [0.29, 0.717) is 5.71 Å². The molecule has 0 bridgehead atoms.